The molecule has 0 spiro atoms. The molecule has 1 heterocycles. The van der Waals surface area contributed by atoms with E-state index in [0.717, 1.165) is 15.6 Å². The van der Waals surface area contributed by atoms with Crippen molar-refractivity contribution in [1.82, 2.24) is 0 Å². The molecule has 0 fully saturated rings. The summed E-state index contributed by atoms with van der Waals surface area (Å²) < 4.78 is 1.16. The number of rotatable bonds is 4. The molecule has 0 N–H and O–H groups in total. The van der Waals surface area contributed by atoms with Crippen molar-refractivity contribution in [3.8, 4) is 0 Å². The maximum absolute atomic E-state index is 11.9. The van der Waals surface area contributed by atoms with Crippen LogP contribution in [0.1, 0.15) is 21.7 Å². The van der Waals surface area contributed by atoms with Crippen molar-refractivity contribution >= 4 is 39.7 Å². The summed E-state index contributed by atoms with van der Waals surface area (Å²) in [6, 6.07) is 11.8. The van der Waals surface area contributed by atoms with Gasteiger partial charge in [0, 0.05) is 20.4 Å². The molecule has 0 radical (unpaired) electrons. The quantitative estimate of drug-likeness (QED) is 0.602. The monoisotopic (exact) mass is 342 g/mol. The maximum atomic E-state index is 11.9. The number of carbonyl (C=O) groups excluding carboxylic acids is 1. The van der Waals surface area contributed by atoms with E-state index >= 15 is 0 Å². The number of Topliss-reactive ketones (excluding diaryl/α,β-unsaturated/α-hetero) is 1. The largest absolute Gasteiger partial charge is 0.294 e. The average Bonchev–Trinajstić information content (AvgIpc) is 2.80. The first-order valence-electron chi connectivity index (χ1n) is 5.07. The molecule has 0 aliphatic heterocycles. The number of hydrogen-bond donors (Lipinski definition) is 0. The molecule has 0 aliphatic carbocycles. The van der Waals surface area contributed by atoms with Gasteiger partial charge in [0.1, 0.15) is 0 Å². The minimum Gasteiger partial charge on any atom is -0.294 e. The van der Waals surface area contributed by atoms with Gasteiger partial charge in [-0.2, -0.15) is 0 Å². The fraction of sp³-hybridized carbons (Fsp3) is 0.154. The van der Waals surface area contributed by atoms with Crippen LogP contribution in [0.2, 0.25) is 0 Å². The molecule has 0 amide bonds. The zero-order valence-corrected chi connectivity index (χ0v) is 11.6. The topological polar surface area (TPSA) is 17.1 Å². The Hall–Kier alpha value is -0.680. The number of halogens is 1. The van der Waals surface area contributed by atoms with Gasteiger partial charge >= 0.3 is 0 Å². The van der Waals surface area contributed by atoms with Gasteiger partial charge in [-0.25, -0.2) is 0 Å². The molecular formula is C13H11IOS. The smallest absolute Gasteiger partial charge is 0.163 e. The Labute approximate surface area is 113 Å². The van der Waals surface area contributed by atoms with Crippen LogP contribution in [0.5, 0.6) is 0 Å². The van der Waals surface area contributed by atoms with Crippen LogP contribution in [-0.4, -0.2) is 5.78 Å². The number of benzene rings is 1. The van der Waals surface area contributed by atoms with Crippen LogP contribution in [0, 0.1) is 3.57 Å². The van der Waals surface area contributed by atoms with Gasteiger partial charge in [0.15, 0.2) is 5.78 Å². The first-order valence-corrected chi connectivity index (χ1v) is 7.03. The Balaban J connectivity index is 1.95. The highest BCUT2D eigenvalue weighted by Crippen LogP contribution is 2.14. The van der Waals surface area contributed by atoms with E-state index in [1.54, 1.807) is 11.3 Å². The maximum Gasteiger partial charge on any atom is 0.163 e. The molecule has 0 atom stereocenters. The molecule has 1 aromatic carbocycles. The third-order valence-electron chi connectivity index (χ3n) is 2.34. The summed E-state index contributed by atoms with van der Waals surface area (Å²) >= 11 is 3.95. The molecule has 0 aliphatic rings. The Morgan fingerprint density at radius 2 is 1.94 bits per heavy atom. The van der Waals surface area contributed by atoms with Crippen LogP contribution in [0.25, 0.3) is 0 Å². The van der Waals surface area contributed by atoms with Gasteiger partial charge in [0.2, 0.25) is 0 Å². The van der Waals surface area contributed by atoms with E-state index in [1.165, 1.54) is 4.88 Å². The zero-order valence-electron chi connectivity index (χ0n) is 8.65. The highest BCUT2D eigenvalue weighted by Gasteiger charge is 2.06. The van der Waals surface area contributed by atoms with E-state index < -0.39 is 0 Å². The van der Waals surface area contributed by atoms with Crippen LogP contribution in [-0.2, 0) is 6.42 Å². The lowest BCUT2D eigenvalue weighted by Crippen LogP contribution is -2.00. The molecular weight excluding hydrogens is 331 g/mol. The first-order chi connectivity index (χ1) is 7.75. The molecule has 1 nitrogen and oxygen atoms in total. The molecule has 0 bridgehead atoms. The summed E-state index contributed by atoms with van der Waals surface area (Å²) in [5.74, 6) is 0.227. The normalized spacial score (nSPS) is 10.3. The summed E-state index contributed by atoms with van der Waals surface area (Å²) in [6.07, 6.45) is 1.45. The van der Waals surface area contributed by atoms with E-state index in [-0.39, 0.29) is 5.78 Å². The number of carbonyl (C=O) groups is 1. The summed E-state index contributed by atoms with van der Waals surface area (Å²) in [7, 11) is 0. The number of hydrogen-bond acceptors (Lipinski definition) is 2. The second-order valence-electron chi connectivity index (χ2n) is 3.51. The minimum atomic E-state index is 0.227. The van der Waals surface area contributed by atoms with Gasteiger partial charge < -0.3 is 0 Å². The van der Waals surface area contributed by atoms with Crippen LogP contribution >= 0.6 is 33.9 Å². The van der Waals surface area contributed by atoms with Crippen molar-refractivity contribution < 1.29 is 4.79 Å². The van der Waals surface area contributed by atoms with E-state index in [1.807, 2.05) is 35.7 Å². The Bertz CT molecular complexity index is 459. The molecule has 82 valence electrons. The van der Waals surface area contributed by atoms with E-state index in [4.69, 9.17) is 0 Å². The van der Waals surface area contributed by atoms with Crippen LogP contribution in [0.4, 0.5) is 0 Å². The fourth-order valence-electron chi connectivity index (χ4n) is 1.47. The van der Waals surface area contributed by atoms with Gasteiger partial charge in [-0.15, -0.1) is 11.3 Å². The highest BCUT2D eigenvalue weighted by molar-refractivity contribution is 14.1. The Kier molecular flexibility index (Phi) is 4.12. The summed E-state index contributed by atoms with van der Waals surface area (Å²) in [4.78, 5) is 13.1. The van der Waals surface area contributed by atoms with Gasteiger partial charge in [-0.05, 0) is 52.6 Å². The number of thiophene rings is 1. The number of aryl methyl sites for hydroxylation is 1. The standard InChI is InChI=1S/C13H11IOS/c14-11-5-3-10(4-6-11)13(15)8-7-12-2-1-9-16-12/h1-6,9H,7-8H2. The van der Waals surface area contributed by atoms with Gasteiger partial charge in [0.25, 0.3) is 0 Å². The average molecular weight is 342 g/mol. The van der Waals surface area contributed by atoms with Crippen molar-refractivity contribution in [2.24, 2.45) is 0 Å². The summed E-state index contributed by atoms with van der Waals surface area (Å²) in [6.45, 7) is 0. The zero-order chi connectivity index (χ0) is 11.4. The molecule has 0 unspecified atom stereocenters. The molecule has 1 aromatic heterocycles. The lowest BCUT2D eigenvalue weighted by Gasteiger charge is -2.00. The fourth-order valence-corrected chi connectivity index (χ4v) is 2.54. The SMILES string of the molecule is O=C(CCc1cccs1)c1ccc(I)cc1. The molecule has 16 heavy (non-hydrogen) atoms. The van der Waals surface area contributed by atoms with Gasteiger partial charge in [-0.3, -0.25) is 4.79 Å². The third kappa shape index (κ3) is 3.15. The second kappa shape index (κ2) is 5.59. The lowest BCUT2D eigenvalue weighted by molar-refractivity contribution is 0.0983. The van der Waals surface area contributed by atoms with Crippen LogP contribution < -0.4 is 0 Å². The molecule has 0 saturated heterocycles. The van der Waals surface area contributed by atoms with E-state index in [9.17, 15) is 4.79 Å². The molecule has 3 heteroatoms. The molecule has 2 rings (SSSR count). The molecule has 0 saturated carbocycles. The predicted octanol–water partition coefficient (Wildman–Crippen LogP) is 4.17. The van der Waals surface area contributed by atoms with Crippen molar-refractivity contribution in [3.63, 3.8) is 0 Å². The minimum absolute atomic E-state index is 0.227. The second-order valence-corrected chi connectivity index (χ2v) is 5.79. The van der Waals surface area contributed by atoms with Gasteiger partial charge in [-0.1, -0.05) is 18.2 Å². The predicted molar refractivity (Wildman–Crippen MR) is 76.1 cm³/mol. The van der Waals surface area contributed by atoms with Gasteiger partial charge in [0.05, 0.1) is 0 Å². The van der Waals surface area contributed by atoms with Crippen molar-refractivity contribution in [2.75, 3.05) is 0 Å². The van der Waals surface area contributed by atoms with E-state index in [2.05, 4.69) is 28.7 Å². The summed E-state index contributed by atoms with van der Waals surface area (Å²) in [5.41, 5.74) is 0.817. The first kappa shape index (κ1) is 11.8. The Morgan fingerprint density at radius 3 is 2.56 bits per heavy atom. The van der Waals surface area contributed by atoms with Crippen molar-refractivity contribution in [1.29, 1.82) is 0 Å². The third-order valence-corrected chi connectivity index (χ3v) is 4.00. The highest BCUT2D eigenvalue weighted by atomic mass is 127. The van der Waals surface area contributed by atoms with Crippen molar-refractivity contribution in [3.05, 3.63) is 55.8 Å². The summed E-state index contributed by atoms with van der Waals surface area (Å²) in [5, 5.41) is 2.05. The van der Waals surface area contributed by atoms with Crippen LogP contribution in [0.3, 0.4) is 0 Å². The van der Waals surface area contributed by atoms with Crippen LogP contribution in [0.15, 0.2) is 41.8 Å². The van der Waals surface area contributed by atoms with Crippen molar-refractivity contribution in [2.45, 2.75) is 12.8 Å². The number of ketones is 1. The van der Waals surface area contributed by atoms with E-state index in [0.29, 0.717) is 6.42 Å². The lowest BCUT2D eigenvalue weighted by atomic mass is 10.1. The Morgan fingerprint density at radius 1 is 1.19 bits per heavy atom. The molecule has 2 aromatic rings.